The number of aromatic nitrogens is 3. The summed E-state index contributed by atoms with van der Waals surface area (Å²) in [5.74, 6) is -2.65. The number of nitrogens with one attached hydrogen (secondary N) is 1. The lowest BCUT2D eigenvalue weighted by molar-refractivity contribution is -0.114. The molecule has 0 aliphatic heterocycles. The first-order chi connectivity index (χ1) is 16.2. The summed E-state index contributed by atoms with van der Waals surface area (Å²) in [6.45, 7) is 2.39. The highest BCUT2D eigenvalue weighted by atomic mass is 19.1. The Morgan fingerprint density at radius 2 is 1.79 bits per heavy atom. The average molecular weight is 460 g/mol. The molecule has 2 heterocycles. The number of carbonyl (C=O) groups is 3. The molecule has 0 bridgehead atoms. The molecule has 4 rings (SSSR count). The van der Waals surface area contributed by atoms with Gasteiger partial charge in [-0.15, -0.1) is 0 Å². The summed E-state index contributed by atoms with van der Waals surface area (Å²) in [7, 11) is 1.73. The van der Waals surface area contributed by atoms with Crippen molar-refractivity contribution in [2.24, 2.45) is 7.05 Å². The van der Waals surface area contributed by atoms with E-state index >= 15 is 0 Å². The van der Waals surface area contributed by atoms with Crippen LogP contribution in [0.15, 0.2) is 54.6 Å². The lowest BCUT2D eigenvalue weighted by atomic mass is 10.1. The van der Waals surface area contributed by atoms with Gasteiger partial charge in [-0.3, -0.25) is 14.3 Å². The maximum Gasteiger partial charge on any atom is 0.339 e. The minimum Gasteiger partial charge on any atom is -0.454 e. The fraction of sp³-hybridized carbons (Fsp3) is 0.160. The second kappa shape index (κ2) is 9.22. The van der Waals surface area contributed by atoms with E-state index in [2.05, 4.69) is 15.4 Å². The Labute approximate surface area is 194 Å². The van der Waals surface area contributed by atoms with Gasteiger partial charge in [0.05, 0.1) is 27.9 Å². The number of hydrogen-bond acceptors (Lipinski definition) is 6. The lowest BCUT2D eigenvalue weighted by Crippen LogP contribution is -2.16. The molecule has 0 saturated carbocycles. The van der Waals surface area contributed by atoms with E-state index < -0.39 is 24.2 Å². The second-order valence-electron chi connectivity index (χ2n) is 7.70. The van der Waals surface area contributed by atoms with E-state index in [-0.39, 0.29) is 22.7 Å². The summed E-state index contributed by atoms with van der Waals surface area (Å²) >= 11 is 0. The van der Waals surface area contributed by atoms with Crippen molar-refractivity contribution in [2.45, 2.75) is 13.8 Å². The molecule has 8 nitrogen and oxygen atoms in total. The van der Waals surface area contributed by atoms with E-state index in [1.807, 2.05) is 30.3 Å². The number of rotatable bonds is 6. The molecule has 2 aromatic heterocycles. The van der Waals surface area contributed by atoms with E-state index in [1.54, 1.807) is 24.7 Å². The molecule has 0 fully saturated rings. The molecule has 172 valence electrons. The normalized spacial score (nSPS) is 10.8. The van der Waals surface area contributed by atoms with E-state index in [9.17, 15) is 18.8 Å². The highest BCUT2D eigenvalue weighted by molar-refractivity contribution is 6.06. The van der Waals surface area contributed by atoms with Gasteiger partial charge in [-0.1, -0.05) is 30.3 Å². The number of hydrogen-bond donors (Lipinski definition) is 1. The van der Waals surface area contributed by atoms with Crippen LogP contribution in [0.2, 0.25) is 0 Å². The van der Waals surface area contributed by atoms with Crippen molar-refractivity contribution in [1.29, 1.82) is 0 Å². The van der Waals surface area contributed by atoms with Gasteiger partial charge in [-0.25, -0.2) is 14.2 Å². The zero-order valence-electron chi connectivity index (χ0n) is 18.8. The Bertz CT molecular complexity index is 1430. The number of ether oxygens (including phenoxy) is 1. The fourth-order valence-corrected chi connectivity index (χ4v) is 3.67. The maximum atomic E-state index is 14.4. The Hall–Kier alpha value is -4.40. The van der Waals surface area contributed by atoms with Crippen molar-refractivity contribution in [2.75, 3.05) is 11.9 Å². The van der Waals surface area contributed by atoms with Gasteiger partial charge in [0.25, 0.3) is 0 Å². The molecule has 0 aliphatic rings. The van der Waals surface area contributed by atoms with Crippen LogP contribution in [0.25, 0.3) is 22.3 Å². The summed E-state index contributed by atoms with van der Waals surface area (Å²) in [5.41, 5.74) is 2.62. The molecule has 1 N–H and O–H groups in total. The zero-order valence-corrected chi connectivity index (χ0v) is 18.8. The highest BCUT2D eigenvalue weighted by Crippen LogP contribution is 2.27. The molecular weight excluding hydrogens is 439 g/mol. The first-order valence-electron chi connectivity index (χ1n) is 10.4. The first-order valence-corrected chi connectivity index (χ1v) is 10.4. The topological polar surface area (TPSA) is 103 Å². The van der Waals surface area contributed by atoms with Crippen LogP contribution >= 0.6 is 0 Å². The van der Waals surface area contributed by atoms with Crippen molar-refractivity contribution in [3.63, 3.8) is 0 Å². The average Bonchev–Trinajstić information content (AvgIpc) is 3.10. The first kappa shape index (κ1) is 22.8. The molecule has 0 radical (unpaired) electrons. The summed E-state index contributed by atoms with van der Waals surface area (Å²) in [6.07, 6.45) is 0. The van der Waals surface area contributed by atoms with E-state index in [0.717, 1.165) is 11.6 Å². The number of pyridine rings is 1. The molecule has 0 unspecified atom stereocenters. The number of carbonyl (C=O) groups excluding carboxylic acids is 3. The van der Waals surface area contributed by atoms with Crippen LogP contribution in [0, 0.1) is 12.7 Å². The van der Waals surface area contributed by atoms with Crippen molar-refractivity contribution in [3.05, 3.63) is 77.2 Å². The lowest BCUT2D eigenvalue weighted by Gasteiger charge is -2.10. The molecule has 0 spiro atoms. The summed E-state index contributed by atoms with van der Waals surface area (Å²) in [6, 6.07) is 14.6. The number of anilines is 1. The number of ketones is 1. The van der Waals surface area contributed by atoms with Crippen molar-refractivity contribution < 1.29 is 23.5 Å². The largest absolute Gasteiger partial charge is 0.454 e. The van der Waals surface area contributed by atoms with Gasteiger partial charge in [0.15, 0.2) is 12.3 Å². The predicted octanol–water partition coefficient (Wildman–Crippen LogP) is 4.08. The molecule has 4 aromatic rings. The maximum absolute atomic E-state index is 14.4. The molecule has 0 atom stereocenters. The third-order valence-electron chi connectivity index (χ3n) is 5.18. The number of benzene rings is 2. The van der Waals surface area contributed by atoms with Crippen LogP contribution in [0.1, 0.15) is 33.3 Å². The third kappa shape index (κ3) is 4.54. The van der Waals surface area contributed by atoms with Gasteiger partial charge in [0.2, 0.25) is 11.7 Å². The smallest absolute Gasteiger partial charge is 0.339 e. The number of fused-ring (bicyclic) bond motifs is 1. The number of halogens is 1. The molecule has 0 saturated heterocycles. The van der Waals surface area contributed by atoms with Crippen LogP contribution in [0.4, 0.5) is 10.1 Å². The minimum atomic E-state index is -0.826. The second-order valence-corrected chi connectivity index (χ2v) is 7.70. The number of Topliss-reactive ketones (excluding diaryl/α,β-unsaturated/α-hetero) is 1. The van der Waals surface area contributed by atoms with Gasteiger partial charge >= 0.3 is 5.97 Å². The number of amides is 1. The van der Waals surface area contributed by atoms with Crippen molar-refractivity contribution >= 4 is 34.4 Å². The van der Waals surface area contributed by atoms with E-state index in [1.165, 1.54) is 19.1 Å². The fourth-order valence-electron chi connectivity index (χ4n) is 3.67. The Morgan fingerprint density at radius 1 is 1.06 bits per heavy atom. The quantitative estimate of drug-likeness (QED) is 0.344. The van der Waals surface area contributed by atoms with Crippen molar-refractivity contribution in [3.8, 4) is 11.3 Å². The third-order valence-corrected chi connectivity index (χ3v) is 5.18. The van der Waals surface area contributed by atoms with Gasteiger partial charge < -0.3 is 10.1 Å². The molecule has 1 amide bonds. The Morgan fingerprint density at radius 3 is 2.47 bits per heavy atom. The summed E-state index contributed by atoms with van der Waals surface area (Å²) in [4.78, 5) is 41.3. The Balaban J connectivity index is 1.61. The molecule has 34 heavy (non-hydrogen) atoms. The zero-order chi connectivity index (χ0) is 24.4. The van der Waals surface area contributed by atoms with Gasteiger partial charge in [-0.2, -0.15) is 5.10 Å². The SMILES string of the molecule is CC(=O)Nc1ccc(C(=O)COC(=O)c2cc(-c3ccccc3)nc3c2c(C)nn3C)c(F)c1. The minimum absolute atomic E-state index is 0.212. The standard InChI is InChI=1S/C25H21FN4O4/c1-14-23-19(12-21(16-7-5-4-6-8-16)28-24(23)30(3)29-14)25(33)34-13-22(32)18-10-9-17(11-20(18)26)27-15(2)31/h4-12H,13H2,1-3H3,(H,27,31). The number of nitrogens with zero attached hydrogens (tertiary/aromatic N) is 3. The predicted molar refractivity (Wildman–Crippen MR) is 124 cm³/mol. The van der Waals surface area contributed by atoms with Gasteiger partial charge in [-0.05, 0) is 31.2 Å². The van der Waals surface area contributed by atoms with Gasteiger partial charge in [0.1, 0.15) is 5.82 Å². The molecular formula is C25H21FN4O4. The van der Waals surface area contributed by atoms with Crippen molar-refractivity contribution in [1.82, 2.24) is 14.8 Å². The monoisotopic (exact) mass is 460 g/mol. The molecule has 9 heteroatoms. The van der Waals surface area contributed by atoms with Crippen LogP contribution in [-0.4, -0.2) is 39.0 Å². The molecule has 0 aliphatic carbocycles. The highest BCUT2D eigenvalue weighted by Gasteiger charge is 2.22. The van der Waals surface area contributed by atoms with Crippen LogP contribution in [-0.2, 0) is 16.6 Å². The molecule has 2 aromatic carbocycles. The van der Waals surface area contributed by atoms with Crippen LogP contribution < -0.4 is 5.32 Å². The summed E-state index contributed by atoms with van der Waals surface area (Å²) < 4.78 is 21.2. The van der Waals surface area contributed by atoms with E-state index in [4.69, 9.17) is 4.74 Å². The van der Waals surface area contributed by atoms with Gasteiger partial charge in [0, 0.05) is 25.2 Å². The Kier molecular flexibility index (Phi) is 6.18. The van der Waals surface area contributed by atoms with E-state index in [0.29, 0.717) is 22.4 Å². The van der Waals surface area contributed by atoms with Crippen LogP contribution in [0.3, 0.4) is 0 Å². The summed E-state index contributed by atoms with van der Waals surface area (Å²) in [5, 5.41) is 7.31. The number of esters is 1. The van der Waals surface area contributed by atoms with Crippen LogP contribution in [0.5, 0.6) is 0 Å². The number of aryl methyl sites for hydroxylation is 2.